The van der Waals surface area contributed by atoms with E-state index in [1.807, 2.05) is 114 Å². The molecule has 0 saturated heterocycles. The predicted octanol–water partition coefficient (Wildman–Crippen LogP) is 5.34. The monoisotopic (exact) mass is 592 g/mol. The fraction of sp³-hybridized carbons (Fsp3) is 0.200. The second-order valence-corrected chi connectivity index (χ2v) is 10.5. The highest BCUT2D eigenvalue weighted by Crippen LogP contribution is 2.20. The van der Waals surface area contributed by atoms with Crippen LogP contribution in [-0.4, -0.2) is 46.2 Å². The van der Waals surface area contributed by atoms with E-state index in [2.05, 4.69) is 10.6 Å². The van der Waals surface area contributed by atoms with Crippen LogP contribution in [0.5, 0.6) is 11.5 Å². The molecule has 0 aromatic heterocycles. The smallest absolute Gasteiger partial charge is 0.405 e. The number of nitrogens with zero attached hydrogens (tertiary/aromatic N) is 2. The standard InChI is InChI=1S/C35H36N4O5/c40-34(33(37-35(41)42)23-38-20-19-36-26-38)39(21-27-11-15-31(16-12-27)43-24-29-7-3-1-4-8-29)22-28-13-17-32(18-14-28)44-25-30-9-5-2-6-10-30/h1-20,33,36-37H,21-26H2,(H,41,42)/t33-/m0/s1. The summed E-state index contributed by atoms with van der Waals surface area (Å²) in [5, 5.41) is 15.0. The third-order valence-corrected chi connectivity index (χ3v) is 7.11. The van der Waals surface area contributed by atoms with Gasteiger partial charge in [-0.3, -0.25) is 4.79 Å². The third kappa shape index (κ3) is 9.03. The Bertz CT molecular complexity index is 1420. The van der Waals surface area contributed by atoms with Gasteiger partial charge in [0.2, 0.25) is 5.91 Å². The van der Waals surface area contributed by atoms with Crippen molar-refractivity contribution in [3.05, 3.63) is 144 Å². The van der Waals surface area contributed by atoms with Gasteiger partial charge in [0.1, 0.15) is 30.8 Å². The zero-order valence-electron chi connectivity index (χ0n) is 24.3. The molecule has 2 amide bonds. The summed E-state index contributed by atoms with van der Waals surface area (Å²) in [5.74, 6) is 1.13. The SMILES string of the molecule is O=C(O)N[C@@H](CN1C=CNC1)C(=O)N(Cc1ccc(OCc2ccccc2)cc1)Cc1ccc(OCc2ccccc2)cc1. The Balaban J connectivity index is 1.29. The van der Waals surface area contributed by atoms with E-state index < -0.39 is 12.1 Å². The summed E-state index contributed by atoms with van der Waals surface area (Å²) in [6.07, 6.45) is 2.32. The summed E-state index contributed by atoms with van der Waals surface area (Å²) < 4.78 is 11.9. The normalized spacial score (nSPS) is 12.7. The number of amides is 2. The lowest BCUT2D eigenvalue weighted by molar-refractivity contribution is -0.135. The van der Waals surface area contributed by atoms with Crippen molar-refractivity contribution in [2.24, 2.45) is 0 Å². The average Bonchev–Trinajstić information content (AvgIpc) is 3.57. The van der Waals surface area contributed by atoms with E-state index >= 15 is 0 Å². The van der Waals surface area contributed by atoms with Gasteiger partial charge in [-0.1, -0.05) is 84.9 Å². The van der Waals surface area contributed by atoms with Crippen molar-refractivity contribution in [2.45, 2.75) is 32.3 Å². The van der Waals surface area contributed by atoms with Crippen LogP contribution in [0.1, 0.15) is 22.3 Å². The molecule has 0 unspecified atom stereocenters. The molecule has 0 fully saturated rings. The van der Waals surface area contributed by atoms with Crippen LogP contribution >= 0.6 is 0 Å². The van der Waals surface area contributed by atoms with Crippen LogP contribution in [0.4, 0.5) is 4.79 Å². The zero-order valence-corrected chi connectivity index (χ0v) is 24.3. The van der Waals surface area contributed by atoms with Crippen LogP contribution in [0.25, 0.3) is 0 Å². The fourth-order valence-electron chi connectivity index (χ4n) is 4.81. The van der Waals surface area contributed by atoms with Crippen LogP contribution in [0.2, 0.25) is 0 Å². The summed E-state index contributed by atoms with van der Waals surface area (Å²) in [6.45, 7) is 2.19. The highest BCUT2D eigenvalue weighted by molar-refractivity contribution is 5.85. The van der Waals surface area contributed by atoms with E-state index in [0.29, 0.717) is 19.9 Å². The zero-order chi connectivity index (χ0) is 30.6. The van der Waals surface area contributed by atoms with Gasteiger partial charge in [-0.05, 0) is 46.5 Å². The molecule has 0 radical (unpaired) electrons. The molecule has 44 heavy (non-hydrogen) atoms. The topological polar surface area (TPSA) is 103 Å². The number of rotatable bonds is 14. The van der Waals surface area contributed by atoms with Gasteiger partial charge in [0.15, 0.2) is 0 Å². The molecular formula is C35H36N4O5. The summed E-state index contributed by atoms with van der Waals surface area (Å²) in [4.78, 5) is 29.1. The minimum Gasteiger partial charge on any atom is -0.489 e. The van der Waals surface area contributed by atoms with Gasteiger partial charge < -0.3 is 35.0 Å². The number of carbonyl (C=O) groups excluding carboxylic acids is 1. The first-order valence-corrected chi connectivity index (χ1v) is 14.5. The van der Waals surface area contributed by atoms with Crippen LogP contribution in [0, 0.1) is 0 Å². The maximum Gasteiger partial charge on any atom is 0.405 e. The molecule has 0 aliphatic carbocycles. The van der Waals surface area contributed by atoms with Crippen LogP contribution in [-0.2, 0) is 31.1 Å². The Morgan fingerprint density at radius 2 is 1.25 bits per heavy atom. The molecule has 9 nitrogen and oxygen atoms in total. The Hall–Kier alpha value is -5.44. The van der Waals surface area contributed by atoms with E-state index in [-0.39, 0.29) is 25.5 Å². The Morgan fingerprint density at radius 1 is 0.750 bits per heavy atom. The molecule has 3 N–H and O–H groups in total. The lowest BCUT2D eigenvalue weighted by Gasteiger charge is -2.30. The molecular weight excluding hydrogens is 556 g/mol. The first kappa shape index (κ1) is 30.0. The second kappa shape index (κ2) is 15.2. The number of ether oxygens (including phenoxy) is 2. The van der Waals surface area contributed by atoms with Gasteiger partial charge in [0.25, 0.3) is 0 Å². The largest absolute Gasteiger partial charge is 0.489 e. The molecule has 5 rings (SSSR count). The van der Waals surface area contributed by atoms with Gasteiger partial charge >= 0.3 is 6.09 Å². The van der Waals surface area contributed by atoms with E-state index in [0.717, 1.165) is 33.8 Å². The maximum absolute atomic E-state index is 13.9. The first-order chi connectivity index (χ1) is 21.5. The molecule has 0 saturated carbocycles. The molecule has 9 heteroatoms. The molecule has 226 valence electrons. The molecule has 4 aromatic carbocycles. The lowest BCUT2D eigenvalue weighted by Crippen LogP contribution is -2.52. The highest BCUT2D eigenvalue weighted by atomic mass is 16.5. The quantitative estimate of drug-likeness (QED) is 0.182. The maximum atomic E-state index is 13.9. The number of hydrogen-bond acceptors (Lipinski definition) is 6. The predicted molar refractivity (Wildman–Crippen MR) is 167 cm³/mol. The van der Waals surface area contributed by atoms with Crippen molar-refractivity contribution in [3.8, 4) is 11.5 Å². The molecule has 1 aliphatic heterocycles. The summed E-state index contributed by atoms with van der Waals surface area (Å²) in [6, 6.07) is 34.1. The molecule has 0 spiro atoms. The van der Waals surface area contributed by atoms with Crippen LogP contribution in [0.15, 0.2) is 122 Å². The van der Waals surface area contributed by atoms with E-state index in [9.17, 15) is 14.7 Å². The van der Waals surface area contributed by atoms with Crippen molar-refractivity contribution in [1.29, 1.82) is 0 Å². The minimum absolute atomic E-state index is 0.198. The van der Waals surface area contributed by atoms with Crippen molar-refractivity contribution in [2.75, 3.05) is 13.2 Å². The van der Waals surface area contributed by atoms with Gasteiger partial charge in [0.05, 0.1) is 6.67 Å². The van der Waals surface area contributed by atoms with E-state index in [1.165, 1.54) is 0 Å². The van der Waals surface area contributed by atoms with Crippen LogP contribution in [0.3, 0.4) is 0 Å². The third-order valence-electron chi connectivity index (χ3n) is 7.11. The first-order valence-electron chi connectivity index (χ1n) is 14.5. The van der Waals surface area contributed by atoms with Crippen molar-refractivity contribution in [3.63, 3.8) is 0 Å². The molecule has 4 aromatic rings. The lowest BCUT2D eigenvalue weighted by atomic mass is 10.1. The molecule has 0 bridgehead atoms. The molecule has 1 aliphatic rings. The Morgan fingerprint density at radius 3 is 1.68 bits per heavy atom. The van der Waals surface area contributed by atoms with Gasteiger partial charge in [0, 0.05) is 32.0 Å². The van der Waals surface area contributed by atoms with Gasteiger partial charge in [-0.15, -0.1) is 0 Å². The highest BCUT2D eigenvalue weighted by Gasteiger charge is 2.28. The Labute approximate surface area is 257 Å². The second-order valence-electron chi connectivity index (χ2n) is 10.5. The van der Waals surface area contributed by atoms with E-state index in [4.69, 9.17) is 9.47 Å². The number of carboxylic acid groups (broad SMARTS) is 1. The molecule has 1 atom stereocenters. The number of hydrogen-bond donors (Lipinski definition) is 3. The van der Waals surface area contributed by atoms with Crippen molar-refractivity contribution >= 4 is 12.0 Å². The fourth-order valence-corrected chi connectivity index (χ4v) is 4.81. The van der Waals surface area contributed by atoms with Crippen LogP contribution < -0.4 is 20.1 Å². The number of benzene rings is 4. The number of nitrogens with one attached hydrogen (secondary N) is 2. The van der Waals surface area contributed by atoms with Gasteiger partial charge in [-0.2, -0.15) is 0 Å². The van der Waals surface area contributed by atoms with Crippen molar-refractivity contribution < 1.29 is 24.2 Å². The molecule has 1 heterocycles. The Kier molecular flexibility index (Phi) is 10.3. The summed E-state index contributed by atoms with van der Waals surface area (Å²) in [7, 11) is 0. The van der Waals surface area contributed by atoms with E-state index in [1.54, 1.807) is 17.3 Å². The summed E-state index contributed by atoms with van der Waals surface area (Å²) >= 11 is 0. The number of carbonyl (C=O) groups is 2. The van der Waals surface area contributed by atoms with Crippen molar-refractivity contribution in [1.82, 2.24) is 20.4 Å². The average molecular weight is 593 g/mol. The van der Waals surface area contributed by atoms with Gasteiger partial charge in [-0.25, -0.2) is 4.79 Å². The summed E-state index contributed by atoms with van der Waals surface area (Å²) in [5.41, 5.74) is 3.93. The minimum atomic E-state index is -1.25.